The van der Waals surface area contributed by atoms with Gasteiger partial charge in [-0.05, 0) is 17.7 Å². The molecule has 0 amide bonds. The molecule has 2 aromatic carbocycles. The third-order valence-corrected chi connectivity index (χ3v) is 4.08. The molecule has 1 aliphatic rings. The molecule has 0 spiro atoms. The van der Waals surface area contributed by atoms with Gasteiger partial charge in [0.15, 0.2) is 11.5 Å². The third kappa shape index (κ3) is 3.55. The van der Waals surface area contributed by atoms with Crippen molar-refractivity contribution < 1.29 is 42.3 Å². The van der Waals surface area contributed by atoms with Gasteiger partial charge in [0.1, 0.15) is 23.4 Å². The second-order valence-electron chi connectivity index (χ2n) is 5.49. The van der Waals surface area contributed by atoms with Crippen LogP contribution in [-0.2, 0) is 16.8 Å². The standard InChI is InChI=1S/C15H14O9S/c16-8-4-10(17)9-6-12(19)15(23-14(9)5-8)7-1-2-13(11(18)3-7)24-25(20,21)22/h1-5,12,15-19H,6H2,(H,20,21,22). The van der Waals surface area contributed by atoms with Crippen LogP contribution in [0.25, 0.3) is 0 Å². The van der Waals surface area contributed by atoms with Crippen LogP contribution in [0.2, 0.25) is 0 Å². The Morgan fingerprint density at radius 1 is 1.08 bits per heavy atom. The lowest BCUT2D eigenvalue weighted by atomic mass is 9.94. The van der Waals surface area contributed by atoms with E-state index >= 15 is 0 Å². The molecular formula is C15H14O9S. The summed E-state index contributed by atoms with van der Waals surface area (Å²) >= 11 is 0. The lowest BCUT2D eigenvalue weighted by Crippen LogP contribution is -2.30. The topological polar surface area (TPSA) is 154 Å². The Morgan fingerprint density at radius 2 is 1.80 bits per heavy atom. The highest BCUT2D eigenvalue weighted by molar-refractivity contribution is 7.81. The molecule has 0 saturated carbocycles. The Bertz CT molecular complexity index is 923. The fraction of sp³-hybridized carbons (Fsp3) is 0.200. The molecule has 0 aliphatic carbocycles. The molecule has 9 nitrogen and oxygen atoms in total. The van der Waals surface area contributed by atoms with Crippen molar-refractivity contribution in [1.82, 2.24) is 0 Å². The largest absolute Gasteiger partial charge is 0.508 e. The van der Waals surface area contributed by atoms with Gasteiger partial charge in [-0.25, -0.2) is 0 Å². The summed E-state index contributed by atoms with van der Waals surface area (Å²) in [7, 11) is -4.79. The van der Waals surface area contributed by atoms with Crippen molar-refractivity contribution in [3.8, 4) is 28.7 Å². The number of aliphatic hydroxyl groups is 1. The fourth-order valence-electron chi connectivity index (χ4n) is 2.64. The Kier molecular flexibility index (Phi) is 4.11. The average molecular weight is 370 g/mol. The van der Waals surface area contributed by atoms with Crippen LogP contribution in [0, 0.1) is 0 Å². The molecule has 134 valence electrons. The van der Waals surface area contributed by atoms with Crippen LogP contribution in [0.4, 0.5) is 0 Å². The summed E-state index contributed by atoms with van der Waals surface area (Å²) in [6.45, 7) is 0. The van der Waals surface area contributed by atoms with Crippen LogP contribution < -0.4 is 8.92 Å². The van der Waals surface area contributed by atoms with Gasteiger partial charge in [0.05, 0.1) is 6.10 Å². The number of hydrogen-bond acceptors (Lipinski definition) is 8. The van der Waals surface area contributed by atoms with Crippen molar-refractivity contribution >= 4 is 10.4 Å². The van der Waals surface area contributed by atoms with E-state index in [0.29, 0.717) is 11.1 Å². The number of benzene rings is 2. The maximum absolute atomic E-state index is 10.7. The van der Waals surface area contributed by atoms with Crippen LogP contribution in [0.15, 0.2) is 30.3 Å². The molecular weight excluding hydrogens is 356 g/mol. The Morgan fingerprint density at radius 3 is 2.44 bits per heavy atom. The van der Waals surface area contributed by atoms with Gasteiger partial charge in [0, 0.05) is 24.1 Å². The number of hydrogen-bond donors (Lipinski definition) is 5. The smallest absolute Gasteiger partial charge is 0.446 e. The maximum Gasteiger partial charge on any atom is 0.446 e. The van der Waals surface area contributed by atoms with Crippen LogP contribution in [-0.4, -0.2) is 39.5 Å². The van der Waals surface area contributed by atoms with Gasteiger partial charge in [-0.2, -0.15) is 8.42 Å². The quantitative estimate of drug-likeness (QED) is 0.498. The molecule has 2 unspecified atom stereocenters. The van der Waals surface area contributed by atoms with Crippen molar-refractivity contribution in [2.24, 2.45) is 0 Å². The number of aromatic hydroxyl groups is 3. The molecule has 5 N–H and O–H groups in total. The minimum absolute atomic E-state index is 0.0378. The summed E-state index contributed by atoms with van der Waals surface area (Å²) in [5, 5.41) is 39.5. The first-order chi connectivity index (χ1) is 11.6. The van der Waals surface area contributed by atoms with Gasteiger partial charge in [0.2, 0.25) is 0 Å². The molecule has 0 bridgehead atoms. The van der Waals surface area contributed by atoms with E-state index in [4.69, 9.17) is 9.29 Å². The summed E-state index contributed by atoms with van der Waals surface area (Å²) in [5.74, 6) is -1.34. The summed E-state index contributed by atoms with van der Waals surface area (Å²) in [5.41, 5.74) is 0.623. The number of aliphatic hydroxyl groups excluding tert-OH is 1. The molecule has 1 heterocycles. The third-order valence-electron chi connectivity index (χ3n) is 3.69. The molecule has 3 rings (SSSR count). The van der Waals surface area contributed by atoms with Crippen molar-refractivity contribution in [2.75, 3.05) is 0 Å². The van der Waals surface area contributed by atoms with E-state index in [1.807, 2.05) is 0 Å². The molecule has 25 heavy (non-hydrogen) atoms. The van der Waals surface area contributed by atoms with Gasteiger partial charge in [-0.15, -0.1) is 0 Å². The lowest BCUT2D eigenvalue weighted by Gasteiger charge is -2.31. The molecule has 1 aliphatic heterocycles. The minimum atomic E-state index is -4.79. The number of fused-ring (bicyclic) bond motifs is 1. The normalized spacial score (nSPS) is 19.8. The van der Waals surface area contributed by atoms with Gasteiger partial charge >= 0.3 is 10.4 Å². The van der Waals surface area contributed by atoms with E-state index in [0.717, 1.165) is 18.2 Å². The highest BCUT2D eigenvalue weighted by Gasteiger charge is 2.32. The number of ether oxygens (including phenoxy) is 1. The zero-order valence-corrected chi connectivity index (χ0v) is 13.3. The first-order valence-electron chi connectivity index (χ1n) is 7.03. The van der Waals surface area contributed by atoms with Crippen molar-refractivity contribution in [1.29, 1.82) is 0 Å². The Labute approximate surface area is 142 Å². The molecule has 0 saturated heterocycles. The second-order valence-corrected chi connectivity index (χ2v) is 6.51. The molecule has 10 heteroatoms. The van der Waals surface area contributed by atoms with Crippen LogP contribution in [0.5, 0.6) is 28.7 Å². The summed E-state index contributed by atoms with van der Waals surface area (Å²) in [4.78, 5) is 0. The van der Waals surface area contributed by atoms with E-state index in [1.54, 1.807) is 0 Å². The predicted molar refractivity (Wildman–Crippen MR) is 83.1 cm³/mol. The second kappa shape index (κ2) is 5.99. The molecule has 0 fully saturated rings. The minimum Gasteiger partial charge on any atom is -0.508 e. The predicted octanol–water partition coefficient (Wildman–Crippen LogP) is 1.02. The summed E-state index contributed by atoms with van der Waals surface area (Å²) in [6, 6.07) is 5.94. The van der Waals surface area contributed by atoms with Crippen LogP contribution >= 0.6 is 0 Å². The monoisotopic (exact) mass is 370 g/mol. The van der Waals surface area contributed by atoms with Gasteiger partial charge in [-0.3, -0.25) is 4.55 Å². The number of phenolic OH excluding ortho intramolecular Hbond substituents is 3. The van der Waals surface area contributed by atoms with Crippen molar-refractivity contribution in [3.63, 3.8) is 0 Å². The number of rotatable bonds is 3. The first-order valence-corrected chi connectivity index (χ1v) is 8.40. The number of phenols is 3. The van der Waals surface area contributed by atoms with Crippen molar-refractivity contribution in [2.45, 2.75) is 18.6 Å². The molecule has 0 aromatic heterocycles. The highest BCUT2D eigenvalue weighted by atomic mass is 32.3. The zero-order chi connectivity index (χ0) is 18.4. The average Bonchev–Trinajstić information content (AvgIpc) is 2.48. The summed E-state index contributed by atoms with van der Waals surface area (Å²) in [6.07, 6.45) is -1.98. The molecule has 2 atom stereocenters. The van der Waals surface area contributed by atoms with E-state index in [1.165, 1.54) is 12.1 Å². The van der Waals surface area contributed by atoms with Crippen LogP contribution in [0.3, 0.4) is 0 Å². The Balaban J connectivity index is 1.93. The Hall–Kier alpha value is -2.69. The highest BCUT2D eigenvalue weighted by Crippen LogP contribution is 2.42. The first kappa shape index (κ1) is 17.1. The zero-order valence-electron chi connectivity index (χ0n) is 12.5. The van der Waals surface area contributed by atoms with Crippen molar-refractivity contribution in [3.05, 3.63) is 41.5 Å². The van der Waals surface area contributed by atoms with Gasteiger partial charge in [0.25, 0.3) is 0 Å². The SMILES string of the molecule is O=S(=O)(O)Oc1ccc(C2Oc3cc(O)cc(O)c3CC2O)cc1O. The fourth-order valence-corrected chi connectivity index (χ4v) is 3.01. The van der Waals surface area contributed by atoms with E-state index in [-0.39, 0.29) is 23.7 Å². The molecule has 2 aromatic rings. The van der Waals surface area contributed by atoms with E-state index < -0.39 is 34.1 Å². The summed E-state index contributed by atoms with van der Waals surface area (Å²) < 4.78 is 39.8. The van der Waals surface area contributed by atoms with E-state index in [2.05, 4.69) is 4.18 Å². The maximum atomic E-state index is 10.7. The van der Waals surface area contributed by atoms with E-state index in [9.17, 15) is 28.8 Å². The van der Waals surface area contributed by atoms with Crippen LogP contribution in [0.1, 0.15) is 17.2 Å². The lowest BCUT2D eigenvalue weighted by molar-refractivity contribution is 0.0197. The van der Waals surface area contributed by atoms with Gasteiger partial charge in [-0.1, -0.05) is 6.07 Å². The van der Waals surface area contributed by atoms with Gasteiger partial charge < -0.3 is 29.3 Å². The molecule has 0 radical (unpaired) electrons.